The lowest BCUT2D eigenvalue weighted by Crippen LogP contribution is -2.86. The molecule has 0 aromatic heterocycles. The van der Waals surface area contributed by atoms with Gasteiger partial charge in [0.15, 0.2) is 17.5 Å². The van der Waals surface area contributed by atoms with Crippen LogP contribution in [-0.2, 0) is 19.1 Å². The summed E-state index contributed by atoms with van der Waals surface area (Å²) in [7, 11) is 1.90. The Morgan fingerprint density at radius 1 is 1.13 bits per heavy atom. The van der Waals surface area contributed by atoms with Crippen LogP contribution in [-0.4, -0.2) is 86.7 Å². The van der Waals surface area contributed by atoms with Crippen LogP contribution in [0.15, 0.2) is 12.7 Å². The van der Waals surface area contributed by atoms with Crippen LogP contribution in [0.1, 0.15) is 86.0 Å². The smallest absolute Gasteiger partial charge is 0.320 e. The van der Waals surface area contributed by atoms with Gasteiger partial charge in [-0.15, -0.1) is 19.0 Å². The summed E-state index contributed by atoms with van der Waals surface area (Å²) in [6.45, 7) is 12.7. The maximum atomic E-state index is 13.9. The van der Waals surface area contributed by atoms with Gasteiger partial charge in [0.1, 0.15) is 5.60 Å². The number of aliphatic hydroxyl groups excluding tert-OH is 2. The van der Waals surface area contributed by atoms with Crippen LogP contribution in [0.25, 0.3) is 0 Å². The van der Waals surface area contributed by atoms with Crippen molar-refractivity contribution in [3.8, 4) is 0 Å². The Labute approximate surface area is 233 Å². The third-order valence-electron chi connectivity index (χ3n) is 10.6. The summed E-state index contributed by atoms with van der Waals surface area (Å²) in [5, 5.41) is 35.8. The normalized spacial score (nSPS) is 44.9. The second-order valence-corrected chi connectivity index (χ2v) is 13.4. The summed E-state index contributed by atoms with van der Waals surface area (Å²) < 4.78 is 12.5. The predicted octanol–water partition coefficient (Wildman–Crippen LogP) is 3.19. The first-order valence-corrected chi connectivity index (χ1v) is 13.9. The second kappa shape index (κ2) is 10.4. The van der Waals surface area contributed by atoms with Crippen molar-refractivity contribution >= 4 is 24.2 Å². The molecule has 218 valence electrons. The molecule has 0 aromatic rings. The van der Waals surface area contributed by atoms with Crippen molar-refractivity contribution in [2.75, 3.05) is 13.6 Å². The van der Waals surface area contributed by atoms with Gasteiger partial charge in [-0.1, -0.05) is 46.1 Å². The number of carbonyl (C=O) groups is 2. The van der Waals surface area contributed by atoms with E-state index in [0.717, 1.165) is 25.7 Å². The van der Waals surface area contributed by atoms with Crippen LogP contribution in [0.5, 0.6) is 0 Å². The summed E-state index contributed by atoms with van der Waals surface area (Å²) in [5.41, 5.74) is -7.13. The fourth-order valence-electron chi connectivity index (χ4n) is 8.51. The SMILES string of the molecule is C=C[C@@]1(C)CC(=O)[C@]2(O)[C@@]3(C)[C@@H](O)CCC(C)(C)[C@@H]3[C@H](O)[C@H](OC(=O)CN(C)C3CCCCC3)[C@@]2(C)O1.Cl. The molecule has 8 atom stereocenters. The molecule has 0 unspecified atom stereocenters. The number of rotatable bonds is 5. The number of ketones is 1. The van der Waals surface area contributed by atoms with Gasteiger partial charge in [-0.2, -0.15) is 0 Å². The molecular weight excluding hydrogens is 510 g/mol. The fourth-order valence-corrected chi connectivity index (χ4v) is 8.51. The van der Waals surface area contributed by atoms with Crippen molar-refractivity contribution in [2.45, 2.75) is 127 Å². The average Bonchev–Trinajstić information content (AvgIpc) is 2.83. The fraction of sp³-hybridized carbons (Fsp3) is 0.862. The lowest BCUT2D eigenvalue weighted by Gasteiger charge is -2.71. The molecule has 0 bridgehead atoms. The van der Waals surface area contributed by atoms with Crippen molar-refractivity contribution in [3.63, 3.8) is 0 Å². The van der Waals surface area contributed by atoms with Gasteiger partial charge < -0.3 is 24.8 Å². The number of aliphatic hydroxyl groups is 3. The van der Waals surface area contributed by atoms with Crippen LogP contribution in [0, 0.1) is 16.7 Å². The quantitative estimate of drug-likeness (QED) is 0.348. The summed E-state index contributed by atoms with van der Waals surface area (Å²) in [4.78, 5) is 29.3. The first-order valence-electron chi connectivity index (χ1n) is 13.9. The molecule has 9 heteroatoms. The first-order chi connectivity index (χ1) is 17.1. The van der Waals surface area contributed by atoms with Crippen LogP contribution in [0.2, 0.25) is 0 Å². The number of fused-ring (bicyclic) bond motifs is 3. The Morgan fingerprint density at radius 3 is 2.32 bits per heavy atom. The van der Waals surface area contributed by atoms with E-state index in [1.54, 1.807) is 13.8 Å². The molecule has 1 saturated heterocycles. The first kappa shape index (κ1) is 31.5. The minimum Gasteiger partial charge on any atom is -0.455 e. The number of esters is 1. The van der Waals surface area contributed by atoms with E-state index >= 15 is 0 Å². The molecule has 0 aromatic carbocycles. The molecule has 8 nitrogen and oxygen atoms in total. The van der Waals surface area contributed by atoms with Gasteiger partial charge >= 0.3 is 5.97 Å². The third kappa shape index (κ3) is 4.47. The molecule has 4 rings (SSSR count). The average molecular weight is 558 g/mol. The van der Waals surface area contributed by atoms with E-state index in [1.165, 1.54) is 19.4 Å². The summed E-state index contributed by atoms with van der Waals surface area (Å²) in [6, 6.07) is 0.289. The van der Waals surface area contributed by atoms with Crippen molar-refractivity contribution in [2.24, 2.45) is 16.7 Å². The van der Waals surface area contributed by atoms with E-state index in [-0.39, 0.29) is 31.4 Å². The largest absolute Gasteiger partial charge is 0.455 e. The van der Waals surface area contributed by atoms with E-state index < -0.39 is 63.6 Å². The van der Waals surface area contributed by atoms with Gasteiger partial charge in [0.2, 0.25) is 0 Å². The Morgan fingerprint density at radius 2 is 1.74 bits per heavy atom. The molecule has 0 amide bonds. The predicted molar refractivity (Wildman–Crippen MR) is 146 cm³/mol. The molecule has 3 saturated carbocycles. The minimum absolute atomic E-state index is 0. The van der Waals surface area contributed by atoms with Gasteiger partial charge in [-0.05, 0) is 52.0 Å². The molecule has 0 radical (unpaired) electrons. The molecule has 3 N–H and O–H groups in total. The third-order valence-corrected chi connectivity index (χ3v) is 10.6. The summed E-state index contributed by atoms with van der Waals surface area (Å²) in [6.07, 6.45) is 4.18. The molecule has 38 heavy (non-hydrogen) atoms. The highest BCUT2D eigenvalue weighted by Crippen LogP contribution is 2.67. The number of ether oxygens (including phenoxy) is 2. The highest BCUT2D eigenvalue weighted by molar-refractivity contribution is 5.92. The molecule has 1 heterocycles. The molecule has 4 aliphatic rings. The monoisotopic (exact) mass is 557 g/mol. The highest BCUT2D eigenvalue weighted by Gasteiger charge is 2.81. The lowest BCUT2D eigenvalue weighted by molar-refractivity contribution is -0.370. The van der Waals surface area contributed by atoms with Gasteiger partial charge in [0, 0.05) is 23.8 Å². The van der Waals surface area contributed by atoms with Crippen LogP contribution < -0.4 is 0 Å². The number of likely N-dealkylation sites (N-methyl/N-ethyl adjacent to an activating group) is 1. The minimum atomic E-state index is -2.20. The summed E-state index contributed by atoms with van der Waals surface area (Å²) >= 11 is 0. The number of nitrogens with zero attached hydrogens (tertiary/aromatic N) is 1. The summed E-state index contributed by atoms with van der Waals surface area (Å²) in [5.74, 6) is -1.77. The Bertz CT molecular complexity index is 938. The molecule has 3 aliphatic carbocycles. The van der Waals surface area contributed by atoms with Crippen molar-refractivity contribution in [1.29, 1.82) is 0 Å². The van der Waals surface area contributed by atoms with Crippen LogP contribution in [0.4, 0.5) is 0 Å². The maximum Gasteiger partial charge on any atom is 0.320 e. The molecule has 1 aliphatic heterocycles. The number of hydrogen-bond acceptors (Lipinski definition) is 8. The zero-order chi connectivity index (χ0) is 27.6. The van der Waals surface area contributed by atoms with Crippen molar-refractivity contribution < 1.29 is 34.4 Å². The number of Topliss-reactive ketones (excluding diaryl/α,β-unsaturated/α-hetero) is 1. The van der Waals surface area contributed by atoms with Gasteiger partial charge in [0.05, 0.1) is 24.4 Å². The Balaban J connectivity index is 0.00000400. The standard InChI is InChI=1S/C29H47NO7.ClH/c1-8-26(4)16-20(32)29(35)27(5)19(31)14-15-25(2,3)23(27)22(34)24(28(29,6)37-26)36-21(33)17-30(7)18-12-10-9-11-13-18;/h8,18-19,22-24,31,34-35H,1,9-17H2,2-7H3;1H/t19-,22-,23-,24-,26-,27-,28+,29-;/m0./s1. The Kier molecular flexibility index (Phi) is 8.64. The zero-order valence-corrected chi connectivity index (χ0v) is 24.7. The molecular formula is C29H48ClNO7. The van der Waals surface area contributed by atoms with E-state index in [2.05, 4.69) is 6.58 Å². The van der Waals surface area contributed by atoms with Gasteiger partial charge in [-0.3, -0.25) is 14.5 Å². The number of halogens is 1. The van der Waals surface area contributed by atoms with Gasteiger partial charge in [-0.25, -0.2) is 0 Å². The van der Waals surface area contributed by atoms with E-state index in [9.17, 15) is 24.9 Å². The van der Waals surface area contributed by atoms with E-state index in [0.29, 0.717) is 12.8 Å². The van der Waals surface area contributed by atoms with E-state index in [4.69, 9.17) is 9.47 Å². The van der Waals surface area contributed by atoms with Crippen LogP contribution in [0.3, 0.4) is 0 Å². The van der Waals surface area contributed by atoms with E-state index in [1.807, 2.05) is 25.8 Å². The second-order valence-electron chi connectivity index (χ2n) is 13.4. The number of hydrogen-bond donors (Lipinski definition) is 3. The van der Waals surface area contributed by atoms with Crippen molar-refractivity contribution in [1.82, 2.24) is 4.90 Å². The molecule has 0 spiro atoms. The zero-order valence-electron chi connectivity index (χ0n) is 23.9. The van der Waals surface area contributed by atoms with Crippen molar-refractivity contribution in [3.05, 3.63) is 12.7 Å². The maximum absolute atomic E-state index is 13.9. The molecule has 4 fully saturated rings. The topological polar surface area (TPSA) is 117 Å². The van der Waals surface area contributed by atoms with Crippen LogP contribution >= 0.6 is 12.4 Å². The highest BCUT2D eigenvalue weighted by atomic mass is 35.5. The lowest BCUT2D eigenvalue weighted by atomic mass is 9.40. The van der Waals surface area contributed by atoms with Gasteiger partial charge in [0.25, 0.3) is 0 Å². The Hall–Kier alpha value is -1.03. The number of carbonyl (C=O) groups excluding carboxylic acids is 2.